The Bertz CT molecular complexity index is 251. The van der Waals surface area contributed by atoms with Gasteiger partial charge in [-0.15, -0.1) is 0 Å². The van der Waals surface area contributed by atoms with E-state index in [1.54, 1.807) is 0 Å². The molecule has 0 atom stereocenters. The third kappa shape index (κ3) is 6.65. The largest absolute Gasteiger partial charge is 0.315 e. The predicted octanol–water partition coefficient (Wildman–Crippen LogP) is 2.39. The Hall–Kier alpha value is -0.590. The highest BCUT2D eigenvalue weighted by molar-refractivity contribution is 4.91. The number of unbranched alkanes of at least 4 members (excludes halogenated alkanes) is 1. The zero-order chi connectivity index (χ0) is 12.7. The molecule has 0 spiro atoms. The van der Waals surface area contributed by atoms with Crippen molar-refractivity contribution in [1.82, 2.24) is 10.2 Å². The summed E-state index contributed by atoms with van der Waals surface area (Å²) in [6, 6.07) is 3.22. The van der Waals surface area contributed by atoms with Crippen LogP contribution in [0.5, 0.6) is 0 Å². The van der Waals surface area contributed by atoms with E-state index in [0.29, 0.717) is 0 Å². The molecule has 0 aromatic rings. The molecule has 0 heterocycles. The smallest absolute Gasteiger partial charge is 0.0683 e. The molecule has 0 amide bonds. The Morgan fingerprint density at radius 2 is 2.00 bits per heavy atom. The minimum Gasteiger partial charge on any atom is -0.315 e. The fourth-order valence-corrected chi connectivity index (χ4v) is 1.95. The zero-order valence-corrected chi connectivity index (χ0v) is 11.6. The van der Waals surface area contributed by atoms with Crippen molar-refractivity contribution in [2.45, 2.75) is 52.0 Å². The number of nitrogens with one attached hydrogen (secondary N) is 1. The average molecular weight is 237 g/mol. The van der Waals surface area contributed by atoms with Crippen LogP contribution >= 0.6 is 0 Å². The molecule has 0 bridgehead atoms. The van der Waals surface area contributed by atoms with Gasteiger partial charge in [0.2, 0.25) is 0 Å². The standard InChI is InChI=1S/C14H27N3/c1-14(2,12-15)8-4-5-9-16-10-11-17(3)13-6-7-13/h13,16H,4-11H2,1-3H3. The molecule has 0 saturated heterocycles. The molecule has 0 aliphatic heterocycles. The molecular weight excluding hydrogens is 210 g/mol. The Morgan fingerprint density at radius 3 is 2.59 bits per heavy atom. The van der Waals surface area contributed by atoms with Gasteiger partial charge in [-0.2, -0.15) is 5.26 Å². The summed E-state index contributed by atoms with van der Waals surface area (Å²) in [7, 11) is 2.22. The van der Waals surface area contributed by atoms with Crippen LogP contribution in [0.15, 0.2) is 0 Å². The fraction of sp³-hybridized carbons (Fsp3) is 0.929. The van der Waals surface area contributed by atoms with E-state index < -0.39 is 0 Å². The molecule has 1 N–H and O–H groups in total. The van der Waals surface area contributed by atoms with Crippen LogP contribution in [0.1, 0.15) is 46.0 Å². The van der Waals surface area contributed by atoms with Gasteiger partial charge in [-0.05, 0) is 53.1 Å². The lowest BCUT2D eigenvalue weighted by Gasteiger charge is -2.16. The maximum absolute atomic E-state index is 8.88. The van der Waals surface area contributed by atoms with Crippen LogP contribution in [0.4, 0.5) is 0 Å². The lowest BCUT2D eigenvalue weighted by Crippen LogP contribution is -2.31. The van der Waals surface area contributed by atoms with Crippen LogP contribution in [0.25, 0.3) is 0 Å². The Balaban J connectivity index is 1.86. The minimum absolute atomic E-state index is 0.147. The van der Waals surface area contributed by atoms with E-state index in [2.05, 4.69) is 23.3 Å². The molecule has 1 rings (SSSR count). The number of hydrogen-bond donors (Lipinski definition) is 1. The van der Waals surface area contributed by atoms with Crippen molar-refractivity contribution in [3.05, 3.63) is 0 Å². The maximum Gasteiger partial charge on any atom is 0.0683 e. The van der Waals surface area contributed by atoms with E-state index in [1.165, 1.54) is 19.3 Å². The lowest BCUT2D eigenvalue weighted by atomic mass is 9.89. The van der Waals surface area contributed by atoms with Gasteiger partial charge in [-0.1, -0.05) is 6.42 Å². The molecule has 1 saturated carbocycles. The second-order valence-electron chi connectivity index (χ2n) is 5.91. The van der Waals surface area contributed by atoms with Crippen molar-refractivity contribution in [3.8, 4) is 6.07 Å². The zero-order valence-electron chi connectivity index (χ0n) is 11.6. The van der Waals surface area contributed by atoms with E-state index >= 15 is 0 Å². The van der Waals surface area contributed by atoms with Crippen LogP contribution in [-0.4, -0.2) is 37.6 Å². The summed E-state index contributed by atoms with van der Waals surface area (Å²) in [6.07, 6.45) is 6.11. The van der Waals surface area contributed by atoms with Crippen LogP contribution < -0.4 is 5.32 Å². The maximum atomic E-state index is 8.88. The Kier molecular flexibility index (Phi) is 5.94. The monoisotopic (exact) mass is 237 g/mol. The molecule has 0 aromatic heterocycles. The van der Waals surface area contributed by atoms with Crippen LogP contribution in [0.3, 0.4) is 0 Å². The highest BCUT2D eigenvalue weighted by Crippen LogP contribution is 2.24. The summed E-state index contributed by atoms with van der Waals surface area (Å²) >= 11 is 0. The van der Waals surface area contributed by atoms with Gasteiger partial charge in [-0.25, -0.2) is 0 Å². The Labute approximate surface area is 106 Å². The number of nitrogens with zero attached hydrogens (tertiary/aromatic N) is 2. The van der Waals surface area contributed by atoms with E-state index in [1.807, 2.05) is 13.8 Å². The van der Waals surface area contributed by atoms with Gasteiger partial charge in [-0.3, -0.25) is 0 Å². The van der Waals surface area contributed by atoms with Crippen molar-refractivity contribution in [2.75, 3.05) is 26.7 Å². The van der Waals surface area contributed by atoms with Gasteiger partial charge in [0.15, 0.2) is 0 Å². The second kappa shape index (κ2) is 6.98. The molecule has 98 valence electrons. The van der Waals surface area contributed by atoms with Gasteiger partial charge in [0.1, 0.15) is 0 Å². The van der Waals surface area contributed by atoms with Gasteiger partial charge in [0.25, 0.3) is 0 Å². The minimum atomic E-state index is -0.147. The van der Waals surface area contributed by atoms with Gasteiger partial charge in [0, 0.05) is 19.1 Å². The topological polar surface area (TPSA) is 39.1 Å². The van der Waals surface area contributed by atoms with E-state index in [9.17, 15) is 0 Å². The first-order chi connectivity index (χ1) is 8.05. The predicted molar refractivity (Wildman–Crippen MR) is 71.8 cm³/mol. The number of rotatable bonds is 9. The summed E-state index contributed by atoms with van der Waals surface area (Å²) in [4.78, 5) is 2.45. The Morgan fingerprint density at radius 1 is 1.29 bits per heavy atom. The average Bonchev–Trinajstić information content (AvgIpc) is 3.11. The van der Waals surface area contributed by atoms with Crippen molar-refractivity contribution < 1.29 is 0 Å². The number of likely N-dealkylation sites (N-methyl/N-ethyl adjacent to an activating group) is 1. The van der Waals surface area contributed by atoms with E-state index in [-0.39, 0.29) is 5.41 Å². The first-order valence-corrected chi connectivity index (χ1v) is 6.87. The second-order valence-corrected chi connectivity index (χ2v) is 5.91. The molecule has 1 aliphatic rings. The van der Waals surface area contributed by atoms with Gasteiger partial charge < -0.3 is 10.2 Å². The molecule has 17 heavy (non-hydrogen) atoms. The SMILES string of the molecule is CN(CCNCCCCC(C)(C)C#N)C1CC1. The van der Waals surface area contributed by atoms with Crippen LogP contribution in [0.2, 0.25) is 0 Å². The third-order valence-corrected chi connectivity index (χ3v) is 3.52. The molecule has 0 unspecified atom stereocenters. The lowest BCUT2D eigenvalue weighted by molar-refractivity contribution is 0.320. The summed E-state index contributed by atoms with van der Waals surface area (Å²) in [5.41, 5.74) is -0.147. The molecule has 3 heteroatoms. The molecule has 1 fully saturated rings. The highest BCUT2D eigenvalue weighted by atomic mass is 15.2. The summed E-state index contributed by atoms with van der Waals surface area (Å²) in [5, 5.41) is 12.4. The van der Waals surface area contributed by atoms with Crippen molar-refractivity contribution in [3.63, 3.8) is 0 Å². The van der Waals surface area contributed by atoms with Gasteiger partial charge >= 0.3 is 0 Å². The molecule has 0 aromatic carbocycles. The first-order valence-electron chi connectivity index (χ1n) is 6.87. The first kappa shape index (κ1) is 14.5. The summed E-state index contributed by atoms with van der Waals surface area (Å²) < 4.78 is 0. The van der Waals surface area contributed by atoms with Crippen LogP contribution in [0, 0.1) is 16.7 Å². The van der Waals surface area contributed by atoms with Crippen LogP contribution in [-0.2, 0) is 0 Å². The molecular formula is C14H27N3. The normalized spacial score (nSPS) is 16.2. The fourth-order valence-electron chi connectivity index (χ4n) is 1.95. The quantitative estimate of drug-likeness (QED) is 0.626. The van der Waals surface area contributed by atoms with Crippen molar-refractivity contribution in [2.24, 2.45) is 5.41 Å². The van der Waals surface area contributed by atoms with Crippen molar-refractivity contribution >= 4 is 0 Å². The van der Waals surface area contributed by atoms with E-state index in [0.717, 1.165) is 38.5 Å². The molecule has 3 nitrogen and oxygen atoms in total. The summed E-state index contributed by atoms with van der Waals surface area (Å²) in [5.74, 6) is 0. The van der Waals surface area contributed by atoms with E-state index in [4.69, 9.17) is 5.26 Å². The molecule has 0 radical (unpaired) electrons. The summed E-state index contributed by atoms with van der Waals surface area (Å²) in [6.45, 7) is 7.37. The highest BCUT2D eigenvalue weighted by Gasteiger charge is 2.25. The molecule has 1 aliphatic carbocycles. The van der Waals surface area contributed by atoms with Crippen molar-refractivity contribution in [1.29, 1.82) is 5.26 Å². The number of hydrogen-bond acceptors (Lipinski definition) is 3. The number of nitriles is 1. The van der Waals surface area contributed by atoms with Gasteiger partial charge in [0.05, 0.1) is 11.5 Å². The third-order valence-electron chi connectivity index (χ3n) is 3.52.